The Morgan fingerprint density at radius 2 is 1.66 bits per heavy atom. The molecular weight excluding hydrogens is 490 g/mol. The number of nitrogens with zero attached hydrogens (tertiary/aromatic N) is 2. The van der Waals surface area contributed by atoms with E-state index < -0.39 is 21.9 Å². The predicted octanol–water partition coefficient (Wildman–Crippen LogP) is 3.75. The number of benzene rings is 1. The summed E-state index contributed by atoms with van der Waals surface area (Å²) in [6.45, 7) is 9.23. The molecule has 0 atom stereocenters. The van der Waals surface area contributed by atoms with Gasteiger partial charge in [-0.1, -0.05) is 0 Å². The summed E-state index contributed by atoms with van der Waals surface area (Å²) in [7, 11) is -3.59. The summed E-state index contributed by atoms with van der Waals surface area (Å²) < 4.78 is 32.1. The van der Waals surface area contributed by atoms with Gasteiger partial charge in [0.1, 0.15) is 5.00 Å². The van der Waals surface area contributed by atoms with E-state index in [2.05, 4.69) is 5.32 Å². The number of sulfonamides is 1. The number of esters is 1. The van der Waals surface area contributed by atoms with E-state index in [1.54, 1.807) is 18.7 Å². The minimum absolute atomic E-state index is 0.127. The summed E-state index contributed by atoms with van der Waals surface area (Å²) in [5.41, 5.74) is 0.824. The van der Waals surface area contributed by atoms with Crippen LogP contribution in [0.2, 0.25) is 0 Å². The lowest BCUT2D eigenvalue weighted by atomic mass is 10.1. The van der Waals surface area contributed by atoms with Gasteiger partial charge >= 0.3 is 5.97 Å². The summed E-state index contributed by atoms with van der Waals surface area (Å²) >= 11 is 1.03. The Hall–Kier alpha value is -2.76. The number of carbonyl (C=O) groups excluding carboxylic acids is 3. The average molecular weight is 522 g/mol. The van der Waals surface area contributed by atoms with E-state index >= 15 is 0 Å². The normalized spacial score (nSPS) is 14.1. The van der Waals surface area contributed by atoms with Crippen LogP contribution in [0.4, 0.5) is 5.00 Å². The van der Waals surface area contributed by atoms with Crippen LogP contribution in [0.15, 0.2) is 29.2 Å². The maximum absolute atomic E-state index is 13.0. The molecule has 2 aromatic rings. The molecule has 1 aromatic carbocycles. The van der Waals surface area contributed by atoms with Crippen molar-refractivity contribution >= 4 is 44.1 Å². The van der Waals surface area contributed by atoms with Gasteiger partial charge in [-0.3, -0.25) is 9.59 Å². The molecule has 0 spiro atoms. The third-order valence-corrected chi connectivity index (χ3v) is 9.03. The molecule has 1 N–H and O–H groups in total. The van der Waals surface area contributed by atoms with E-state index in [0.717, 1.165) is 24.2 Å². The van der Waals surface area contributed by atoms with E-state index in [1.807, 2.05) is 13.8 Å². The van der Waals surface area contributed by atoms with E-state index in [1.165, 1.54) is 28.6 Å². The Kier molecular flexibility index (Phi) is 8.68. The molecule has 2 heterocycles. The lowest BCUT2D eigenvalue weighted by Gasteiger charge is -2.18. The van der Waals surface area contributed by atoms with Crippen molar-refractivity contribution < 1.29 is 27.5 Å². The molecular formula is C24H31N3O6S2. The highest BCUT2D eigenvalue weighted by molar-refractivity contribution is 7.89. The molecule has 2 amide bonds. The molecule has 0 radical (unpaired) electrons. The van der Waals surface area contributed by atoms with Gasteiger partial charge in [-0.25, -0.2) is 13.2 Å². The number of rotatable bonds is 9. The van der Waals surface area contributed by atoms with Gasteiger partial charge in [-0.05, 0) is 70.4 Å². The van der Waals surface area contributed by atoms with Crippen LogP contribution in [-0.2, 0) is 14.8 Å². The van der Waals surface area contributed by atoms with Crippen LogP contribution < -0.4 is 5.32 Å². The van der Waals surface area contributed by atoms with Crippen LogP contribution >= 0.6 is 11.3 Å². The molecule has 0 aliphatic carbocycles. The van der Waals surface area contributed by atoms with Crippen molar-refractivity contribution in [1.29, 1.82) is 0 Å². The van der Waals surface area contributed by atoms with Crippen LogP contribution in [-0.4, -0.2) is 68.2 Å². The molecule has 0 unspecified atom stereocenters. The lowest BCUT2D eigenvalue weighted by Crippen LogP contribution is -2.30. The number of thiophene rings is 1. The van der Waals surface area contributed by atoms with Crippen molar-refractivity contribution in [2.24, 2.45) is 0 Å². The molecule has 1 aliphatic rings. The molecule has 190 valence electrons. The molecule has 1 aliphatic heterocycles. The first-order chi connectivity index (χ1) is 16.6. The number of nitrogens with one attached hydrogen (secondary N) is 1. The van der Waals surface area contributed by atoms with Crippen LogP contribution in [0.3, 0.4) is 0 Å². The monoisotopic (exact) mass is 521 g/mol. The third kappa shape index (κ3) is 5.57. The quantitative estimate of drug-likeness (QED) is 0.503. The number of hydrogen-bond donors (Lipinski definition) is 1. The van der Waals surface area contributed by atoms with Crippen molar-refractivity contribution in [2.75, 3.05) is 38.1 Å². The van der Waals surface area contributed by atoms with Crippen LogP contribution in [0.1, 0.15) is 69.6 Å². The molecule has 35 heavy (non-hydrogen) atoms. The molecule has 9 nitrogen and oxygen atoms in total. The lowest BCUT2D eigenvalue weighted by molar-refractivity contribution is 0.0527. The Morgan fingerprint density at radius 1 is 1.06 bits per heavy atom. The third-order valence-electron chi connectivity index (χ3n) is 5.92. The Labute approximate surface area is 210 Å². The van der Waals surface area contributed by atoms with E-state index in [-0.39, 0.29) is 33.5 Å². The topological polar surface area (TPSA) is 113 Å². The fourth-order valence-electron chi connectivity index (χ4n) is 3.94. The Balaban J connectivity index is 1.89. The maximum atomic E-state index is 13.0. The van der Waals surface area contributed by atoms with E-state index in [0.29, 0.717) is 36.6 Å². The molecule has 0 bridgehead atoms. The fourth-order valence-corrected chi connectivity index (χ4v) is 6.62. The van der Waals surface area contributed by atoms with Crippen molar-refractivity contribution in [2.45, 2.75) is 45.4 Å². The standard InChI is InChI=1S/C24H31N3O6S2/c1-5-26(6-2)23(29)20-16(4)19(24(30)33-7-3)22(34-20)25-21(28)17-10-12-18(13-11-17)35(31,32)27-14-8-9-15-27/h10-13H,5-9,14-15H2,1-4H3,(H,25,28). The highest BCUT2D eigenvalue weighted by atomic mass is 32.2. The maximum Gasteiger partial charge on any atom is 0.341 e. The molecule has 0 saturated carbocycles. The first-order valence-electron chi connectivity index (χ1n) is 11.7. The van der Waals surface area contributed by atoms with Crippen LogP contribution in [0.25, 0.3) is 0 Å². The highest BCUT2D eigenvalue weighted by Crippen LogP contribution is 2.35. The average Bonchev–Trinajstić information content (AvgIpc) is 3.49. The number of amides is 2. The summed E-state index contributed by atoms with van der Waals surface area (Å²) in [4.78, 5) is 40.8. The highest BCUT2D eigenvalue weighted by Gasteiger charge is 2.29. The summed E-state index contributed by atoms with van der Waals surface area (Å²) in [6.07, 6.45) is 1.67. The minimum atomic E-state index is -3.59. The first kappa shape index (κ1) is 26.8. The van der Waals surface area contributed by atoms with E-state index in [4.69, 9.17) is 4.74 Å². The van der Waals surface area contributed by atoms with Crippen LogP contribution in [0.5, 0.6) is 0 Å². The number of hydrogen-bond acceptors (Lipinski definition) is 7. The summed E-state index contributed by atoms with van der Waals surface area (Å²) in [5, 5.41) is 2.94. The molecule has 1 fully saturated rings. The van der Waals surface area contributed by atoms with Crippen molar-refractivity contribution in [3.05, 3.63) is 45.8 Å². The Morgan fingerprint density at radius 3 is 2.20 bits per heavy atom. The van der Waals surface area contributed by atoms with E-state index in [9.17, 15) is 22.8 Å². The minimum Gasteiger partial charge on any atom is -0.462 e. The predicted molar refractivity (Wildman–Crippen MR) is 135 cm³/mol. The van der Waals surface area contributed by atoms with Gasteiger partial charge in [-0.2, -0.15) is 4.31 Å². The first-order valence-corrected chi connectivity index (χ1v) is 13.9. The summed E-state index contributed by atoms with van der Waals surface area (Å²) in [5.74, 6) is -1.37. The van der Waals surface area contributed by atoms with Crippen molar-refractivity contribution in [1.82, 2.24) is 9.21 Å². The van der Waals surface area contributed by atoms with Crippen molar-refractivity contribution in [3.8, 4) is 0 Å². The molecule has 1 aromatic heterocycles. The second-order valence-corrected chi connectivity index (χ2v) is 11.0. The zero-order valence-corrected chi connectivity index (χ0v) is 22.1. The fraction of sp³-hybridized carbons (Fsp3) is 0.458. The largest absolute Gasteiger partial charge is 0.462 e. The van der Waals surface area contributed by atoms with Gasteiger partial charge in [-0.15, -0.1) is 11.3 Å². The van der Waals surface area contributed by atoms with Gasteiger partial charge in [0.05, 0.1) is 21.9 Å². The Bertz CT molecular complexity index is 1190. The zero-order valence-electron chi connectivity index (χ0n) is 20.4. The number of ether oxygens (including phenoxy) is 1. The second kappa shape index (κ2) is 11.3. The number of carbonyl (C=O) groups is 3. The summed E-state index contributed by atoms with van der Waals surface area (Å²) in [6, 6.07) is 5.68. The smallest absolute Gasteiger partial charge is 0.341 e. The molecule has 3 rings (SSSR count). The zero-order chi connectivity index (χ0) is 25.8. The second-order valence-electron chi connectivity index (χ2n) is 8.05. The van der Waals surface area contributed by atoms with Gasteiger partial charge in [0.2, 0.25) is 10.0 Å². The van der Waals surface area contributed by atoms with Gasteiger partial charge < -0.3 is 15.0 Å². The number of anilines is 1. The van der Waals surface area contributed by atoms with Crippen LogP contribution in [0, 0.1) is 6.92 Å². The SMILES string of the molecule is CCOC(=O)c1c(NC(=O)c2ccc(S(=O)(=O)N3CCCC3)cc2)sc(C(=O)N(CC)CC)c1C. The van der Waals surface area contributed by atoms with Gasteiger partial charge in [0, 0.05) is 31.7 Å². The molecule has 1 saturated heterocycles. The van der Waals surface area contributed by atoms with Gasteiger partial charge in [0.15, 0.2) is 0 Å². The van der Waals surface area contributed by atoms with Crippen molar-refractivity contribution in [3.63, 3.8) is 0 Å². The van der Waals surface area contributed by atoms with Gasteiger partial charge in [0.25, 0.3) is 11.8 Å². The molecule has 11 heteroatoms.